The van der Waals surface area contributed by atoms with Crippen molar-refractivity contribution in [2.45, 2.75) is 51.5 Å². The average molecular weight is 381 g/mol. The molecule has 1 spiro atoms. The third-order valence-corrected chi connectivity index (χ3v) is 5.90. The van der Waals surface area contributed by atoms with Gasteiger partial charge in [-0.1, -0.05) is 6.07 Å². The highest BCUT2D eigenvalue weighted by Crippen LogP contribution is 2.37. The minimum absolute atomic E-state index is 0.0809. The molecule has 0 bridgehead atoms. The van der Waals surface area contributed by atoms with E-state index in [-0.39, 0.29) is 17.4 Å². The molecule has 0 unspecified atom stereocenters. The third kappa shape index (κ3) is 3.41. The van der Waals surface area contributed by atoms with Crippen LogP contribution in [0.15, 0.2) is 18.2 Å². The number of ether oxygens (including phenoxy) is 1. The number of fused-ring (bicyclic) bond motifs is 1. The summed E-state index contributed by atoms with van der Waals surface area (Å²) in [5, 5.41) is 3.65. The molecule has 2 aliphatic rings. The van der Waals surface area contributed by atoms with Crippen LogP contribution >= 0.6 is 0 Å². The van der Waals surface area contributed by atoms with E-state index in [0.29, 0.717) is 23.9 Å². The lowest BCUT2D eigenvalue weighted by Crippen LogP contribution is -2.46. The zero-order valence-electron chi connectivity index (χ0n) is 17.0. The van der Waals surface area contributed by atoms with Gasteiger partial charge in [-0.05, 0) is 51.7 Å². The van der Waals surface area contributed by atoms with Crippen molar-refractivity contribution in [2.24, 2.45) is 0 Å². The minimum Gasteiger partial charge on any atom is -0.481 e. The second-order valence-corrected chi connectivity index (χ2v) is 7.98. The normalized spacial score (nSPS) is 21.9. The van der Waals surface area contributed by atoms with E-state index in [0.717, 1.165) is 37.3 Å². The van der Waals surface area contributed by atoms with Crippen molar-refractivity contribution in [3.05, 3.63) is 41.0 Å². The molecule has 28 heavy (non-hydrogen) atoms. The first-order valence-corrected chi connectivity index (χ1v) is 9.82. The Balaban J connectivity index is 1.50. The van der Waals surface area contributed by atoms with Gasteiger partial charge in [0.2, 0.25) is 11.8 Å². The van der Waals surface area contributed by atoms with Gasteiger partial charge in [0.1, 0.15) is 11.6 Å². The molecule has 148 valence electrons. The molecule has 2 aromatic rings. The largest absolute Gasteiger partial charge is 0.481 e. The van der Waals surface area contributed by atoms with Gasteiger partial charge in [0, 0.05) is 24.8 Å². The molecule has 1 fully saturated rings. The monoisotopic (exact) mass is 381 g/mol. The van der Waals surface area contributed by atoms with E-state index in [1.165, 1.54) is 5.56 Å². The van der Waals surface area contributed by atoms with E-state index in [2.05, 4.69) is 32.4 Å². The number of rotatable bonds is 3. The number of amides is 1. The number of methoxy groups -OCH3 is 1. The Labute approximate surface area is 165 Å². The van der Waals surface area contributed by atoms with Crippen molar-refractivity contribution in [2.75, 3.05) is 25.5 Å². The number of likely N-dealkylation sites (tertiary alicyclic amines) is 1. The zero-order chi connectivity index (χ0) is 19.9. The van der Waals surface area contributed by atoms with Gasteiger partial charge in [0.05, 0.1) is 24.3 Å². The molecule has 1 amide bonds. The predicted molar refractivity (Wildman–Crippen MR) is 107 cm³/mol. The van der Waals surface area contributed by atoms with Crippen LogP contribution < -0.4 is 10.1 Å². The van der Waals surface area contributed by atoms with Crippen molar-refractivity contribution in [3.63, 3.8) is 0 Å². The Morgan fingerprint density at radius 3 is 2.86 bits per heavy atom. The van der Waals surface area contributed by atoms with E-state index >= 15 is 0 Å². The number of nitrogens with zero attached hydrogens (tertiary/aromatic N) is 4. The zero-order valence-corrected chi connectivity index (χ0v) is 17.0. The number of aryl methyl sites for hydroxylation is 3. The molecule has 0 radical (unpaired) electrons. The highest BCUT2D eigenvalue weighted by Gasteiger charge is 2.43. The summed E-state index contributed by atoms with van der Waals surface area (Å²) in [4.78, 5) is 28.5. The number of aromatic nitrogens is 3. The lowest BCUT2D eigenvalue weighted by Gasteiger charge is -2.36. The number of carbonyl (C=O) groups excluding carboxylic acids is 1. The maximum atomic E-state index is 13.2. The van der Waals surface area contributed by atoms with Crippen LogP contribution in [0.5, 0.6) is 5.88 Å². The van der Waals surface area contributed by atoms with Crippen molar-refractivity contribution in [3.8, 4) is 5.88 Å². The van der Waals surface area contributed by atoms with Gasteiger partial charge in [-0.2, -0.15) is 4.98 Å². The molecule has 4 heterocycles. The molecule has 2 aromatic heterocycles. The summed E-state index contributed by atoms with van der Waals surface area (Å²) in [6, 6.07) is 5.97. The summed E-state index contributed by atoms with van der Waals surface area (Å²) < 4.78 is 5.23. The highest BCUT2D eigenvalue weighted by molar-refractivity contribution is 5.83. The van der Waals surface area contributed by atoms with E-state index in [1.54, 1.807) is 13.2 Å². The van der Waals surface area contributed by atoms with Gasteiger partial charge in [-0.15, -0.1) is 0 Å². The van der Waals surface area contributed by atoms with Crippen molar-refractivity contribution in [1.82, 2.24) is 19.9 Å². The van der Waals surface area contributed by atoms with Gasteiger partial charge in [0.25, 0.3) is 0 Å². The summed E-state index contributed by atoms with van der Waals surface area (Å²) in [6.07, 6.45) is 2.95. The second-order valence-electron chi connectivity index (χ2n) is 7.98. The number of hydrogen-bond acceptors (Lipinski definition) is 6. The molecule has 1 saturated heterocycles. The third-order valence-electron chi connectivity index (χ3n) is 5.90. The molecule has 2 atom stereocenters. The summed E-state index contributed by atoms with van der Waals surface area (Å²) in [5.74, 6) is 1.85. The van der Waals surface area contributed by atoms with Crippen LogP contribution in [0.3, 0.4) is 0 Å². The van der Waals surface area contributed by atoms with Crippen LogP contribution in [0.25, 0.3) is 0 Å². The number of pyridine rings is 1. The smallest absolute Gasteiger partial charge is 0.231 e. The molecule has 4 rings (SSSR count). The number of anilines is 1. The van der Waals surface area contributed by atoms with Gasteiger partial charge < -0.3 is 15.0 Å². The van der Waals surface area contributed by atoms with Gasteiger partial charge in [0.15, 0.2) is 0 Å². The van der Waals surface area contributed by atoms with Crippen LogP contribution in [0, 0.1) is 13.8 Å². The Morgan fingerprint density at radius 1 is 1.25 bits per heavy atom. The summed E-state index contributed by atoms with van der Waals surface area (Å²) >= 11 is 0. The second kappa shape index (κ2) is 7.04. The topological polar surface area (TPSA) is 80.2 Å². The number of hydrogen-bond donors (Lipinski definition) is 1. The molecule has 7 heteroatoms. The molecule has 7 nitrogen and oxygen atoms in total. The van der Waals surface area contributed by atoms with Gasteiger partial charge in [-0.25, -0.2) is 9.97 Å². The van der Waals surface area contributed by atoms with Crippen molar-refractivity contribution in [1.29, 1.82) is 0 Å². The Hall–Kier alpha value is -2.70. The Morgan fingerprint density at radius 2 is 2.07 bits per heavy atom. The number of nitrogens with one attached hydrogen (secondary N) is 1. The maximum absolute atomic E-state index is 13.2. The van der Waals surface area contributed by atoms with E-state index < -0.39 is 0 Å². The molecule has 0 saturated carbocycles. The van der Waals surface area contributed by atoms with Crippen LogP contribution in [0.1, 0.15) is 48.5 Å². The van der Waals surface area contributed by atoms with Gasteiger partial charge in [-0.3, -0.25) is 4.79 Å². The lowest BCUT2D eigenvalue weighted by molar-refractivity contribution is -0.131. The fraction of sp³-hybridized carbons (Fsp3) is 0.524. The highest BCUT2D eigenvalue weighted by atomic mass is 16.5. The van der Waals surface area contributed by atoms with Crippen LogP contribution in [0.4, 0.5) is 5.82 Å². The maximum Gasteiger partial charge on any atom is 0.231 e. The fourth-order valence-electron chi connectivity index (χ4n) is 4.24. The Bertz CT molecular complexity index is 916. The van der Waals surface area contributed by atoms with Gasteiger partial charge >= 0.3 is 0 Å². The average Bonchev–Trinajstić information content (AvgIpc) is 3.09. The fourth-order valence-corrected chi connectivity index (χ4v) is 4.24. The molecular formula is C21H27N5O2. The van der Waals surface area contributed by atoms with Crippen LogP contribution in [-0.2, 0) is 11.2 Å². The quantitative estimate of drug-likeness (QED) is 0.880. The van der Waals surface area contributed by atoms with E-state index in [1.807, 2.05) is 25.7 Å². The lowest BCUT2D eigenvalue weighted by atomic mass is 9.86. The van der Waals surface area contributed by atoms with Crippen LogP contribution in [0.2, 0.25) is 0 Å². The standard InChI is InChI=1S/C21H27N5O2/c1-13-5-6-16-7-8-21(25-19(16)22-13)9-10-26(12-21)20(27)14(2)17-11-18(28-4)24-15(3)23-17/h5-6,11,14H,7-10,12H2,1-4H3,(H,22,25)/t14-,21+/m1/s1. The minimum atomic E-state index is -0.331. The molecular weight excluding hydrogens is 354 g/mol. The molecule has 1 N–H and O–H groups in total. The Kier molecular flexibility index (Phi) is 4.69. The van der Waals surface area contributed by atoms with Crippen molar-refractivity contribution >= 4 is 11.7 Å². The first-order valence-electron chi connectivity index (χ1n) is 9.82. The first-order chi connectivity index (χ1) is 13.4. The van der Waals surface area contributed by atoms with Crippen LogP contribution in [-0.4, -0.2) is 51.5 Å². The number of carbonyl (C=O) groups is 1. The summed E-state index contributed by atoms with van der Waals surface area (Å²) in [7, 11) is 1.57. The molecule has 0 aliphatic carbocycles. The SMILES string of the molecule is COc1cc([C@@H](C)C(=O)N2CC[C@@]3(CCc4ccc(C)nc4N3)C2)nc(C)n1. The van der Waals surface area contributed by atoms with E-state index in [9.17, 15) is 4.79 Å². The van der Waals surface area contributed by atoms with E-state index in [4.69, 9.17) is 4.74 Å². The van der Waals surface area contributed by atoms with Crippen molar-refractivity contribution < 1.29 is 9.53 Å². The first kappa shape index (κ1) is 18.7. The summed E-state index contributed by atoms with van der Waals surface area (Å²) in [6.45, 7) is 7.17. The predicted octanol–water partition coefficient (Wildman–Crippen LogP) is 2.63. The molecule has 0 aromatic carbocycles. The summed E-state index contributed by atoms with van der Waals surface area (Å²) in [5.41, 5.74) is 2.89. The molecule has 2 aliphatic heterocycles.